The van der Waals surface area contributed by atoms with Gasteiger partial charge in [-0.15, -0.1) is 11.3 Å². The van der Waals surface area contributed by atoms with Gasteiger partial charge in [-0.3, -0.25) is 10.1 Å². The Bertz CT molecular complexity index is 945. The second kappa shape index (κ2) is 8.82. The van der Waals surface area contributed by atoms with Crippen molar-refractivity contribution in [3.05, 3.63) is 70.5 Å². The molecule has 0 aliphatic rings. The van der Waals surface area contributed by atoms with Crippen LogP contribution in [0.1, 0.15) is 47.4 Å². The van der Waals surface area contributed by atoms with Crippen LogP contribution < -0.4 is 5.32 Å². The molecule has 0 aliphatic heterocycles. The van der Waals surface area contributed by atoms with Crippen LogP contribution in [0.25, 0.3) is 0 Å². The van der Waals surface area contributed by atoms with Crippen molar-refractivity contribution in [3.63, 3.8) is 0 Å². The van der Waals surface area contributed by atoms with Crippen LogP contribution in [0, 0.1) is 5.92 Å². The highest BCUT2D eigenvalue weighted by molar-refractivity contribution is 7.13. The van der Waals surface area contributed by atoms with E-state index >= 15 is 0 Å². The third-order valence-electron chi connectivity index (χ3n) is 4.48. The lowest BCUT2D eigenvalue weighted by Gasteiger charge is -2.11. The minimum absolute atomic E-state index is 0.289. The van der Waals surface area contributed by atoms with E-state index in [4.69, 9.17) is 0 Å². The standard InChI is InChI=1S/C21H22F3N3OS/c1-14(2)3-4-16-11-18(19(28)26-20-25-9-10-29-20)27(13-16)12-15-5-7-17(8-6-15)21(22,23)24/h5-11,13-14H,3-4,12H2,1-2H3,(H,25,26,28). The van der Waals surface area contributed by atoms with Crippen molar-refractivity contribution < 1.29 is 18.0 Å². The summed E-state index contributed by atoms with van der Waals surface area (Å²) in [5.74, 6) is 0.239. The van der Waals surface area contributed by atoms with E-state index < -0.39 is 11.7 Å². The number of aryl methyl sites for hydroxylation is 1. The summed E-state index contributed by atoms with van der Waals surface area (Å²) < 4.78 is 40.1. The third kappa shape index (κ3) is 5.69. The minimum atomic E-state index is -4.37. The second-order valence-corrected chi connectivity index (χ2v) is 8.17. The molecule has 29 heavy (non-hydrogen) atoms. The van der Waals surface area contributed by atoms with Crippen LogP contribution in [0.4, 0.5) is 18.3 Å². The van der Waals surface area contributed by atoms with Gasteiger partial charge >= 0.3 is 6.18 Å². The maximum absolute atomic E-state index is 12.8. The van der Waals surface area contributed by atoms with Gasteiger partial charge in [0.25, 0.3) is 5.91 Å². The lowest BCUT2D eigenvalue weighted by atomic mass is 10.0. The summed E-state index contributed by atoms with van der Waals surface area (Å²) in [6.45, 7) is 4.57. The van der Waals surface area contributed by atoms with Gasteiger partial charge in [-0.25, -0.2) is 4.98 Å². The molecule has 2 aromatic heterocycles. The first kappa shape index (κ1) is 21.1. The van der Waals surface area contributed by atoms with Gasteiger partial charge in [0, 0.05) is 24.3 Å². The summed E-state index contributed by atoms with van der Waals surface area (Å²) in [4.78, 5) is 16.8. The number of thiazole rings is 1. The molecule has 2 heterocycles. The van der Waals surface area contributed by atoms with Crippen LogP contribution in [-0.4, -0.2) is 15.5 Å². The predicted molar refractivity (Wildman–Crippen MR) is 108 cm³/mol. The Morgan fingerprint density at radius 3 is 2.52 bits per heavy atom. The van der Waals surface area contributed by atoms with E-state index in [0.717, 1.165) is 30.5 Å². The number of nitrogens with zero attached hydrogens (tertiary/aromatic N) is 2. The number of alkyl halides is 3. The van der Waals surface area contributed by atoms with Gasteiger partial charge in [0.2, 0.25) is 0 Å². The number of amides is 1. The third-order valence-corrected chi connectivity index (χ3v) is 5.17. The summed E-state index contributed by atoms with van der Waals surface area (Å²) in [5.41, 5.74) is 1.48. The SMILES string of the molecule is CC(C)CCc1cc(C(=O)Nc2nccs2)n(Cc2ccc(C(F)(F)F)cc2)c1. The minimum Gasteiger partial charge on any atom is -0.339 e. The topological polar surface area (TPSA) is 46.9 Å². The van der Waals surface area contributed by atoms with Gasteiger partial charge in [-0.05, 0) is 48.1 Å². The zero-order valence-electron chi connectivity index (χ0n) is 16.2. The van der Waals surface area contributed by atoms with E-state index in [9.17, 15) is 18.0 Å². The molecule has 4 nitrogen and oxygen atoms in total. The molecule has 0 aliphatic carbocycles. The summed E-state index contributed by atoms with van der Waals surface area (Å²) in [6, 6.07) is 6.86. The van der Waals surface area contributed by atoms with Crippen molar-refractivity contribution in [2.45, 2.75) is 39.4 Å². The fraction of sp³-hybridized carbons (Fsp3) is 0.333. The fourth-order valence-corrected chi connectivity index (χ4v) is 3.45. The van der Waals surface area contributed by atoms with Crippen LogP contribution in [0.15, 0.2) is 48.1 Å². The summed E-state index contributed by atoms with van der Waals surface area (Å²) >= 11 is 1.32. The molecular weight excluding hydrogens is 399 g/mol. The number of halogens is 3. The van der Waals surface area contributed by atoms with Crippen molar-refractivity contribution in [2.75, 3.05) is 5.32 Å². The highest BCUT2D eigenvalue weighted by Gasteiger charge is 2.30. The first-order valence-electron chi connectivity index (χ1n) is 9.28. The zero-order valence-corrected chi connectivity index (χ0v) is 17.0. The van der Waals surface area contributed by atoms with Gasteiger partial charge in [0.1, 0.15) is 5.69 Å². The van der Waals surface area contributed by atoms with E-state index in [0.29, 0.717) is 28.9 Å². The van der Waals surface area contributed by atoms with E-state index in [1.54, 1.807) is 16.1 Å². The zero-order chi connectivity index (χ0) is 21.0. The van der Waals surface area contributed by atoms with Crippen molar-refractivity contribution in [2.24, 2.45) is 5.92 Å². The van der Waals surface area contributed by atoms with Gasteiger partial charge in [-0.1, -0.05) is 26.0 Å². The van der Waals surface area contributed by atoms with Gasteiger partial charge < -0.3 is 4.57 Å². The number of benzene rings is 1. The van der Waals surface area contributed by atoms with Crippen LogP contribution in [0.5, 0.6) is 0 Å². The van der Waals surface area contributed by atoms with Crippen molar-refractivity contribution in [3.8, 4) is 0 Å². The molecule has 0 unspecified atom stereocenters. The second-order valence-electron chi connectivity index (χ2n) is 7.28. The van der Waals surface area contributed by atoms with Crippen LogP contribution in [-0.2, 0) is 19.1 Å². The molecule has 0 saturated carbocycles. The molecule has 3 rings (SSSR count). The van der Waals surface area contributed by atoms with E-state index in [-0.39, 0.29) is 5.91 Å². The molecule has 0 bridgehead atoms. The Morgan fingerprint density at radius 2 is 1.93 bits per heavy atom. The molecule has 8 heteroatoms. The Balaban J connectivity index is 1.83. The first-order valence-corrected chi connectivity index (χ1v) is 10.2. The molecule has 3 aromatic rings. The number of carbonyl (C=O) groups excluding carboxylic acids is 1. The molecule has 154 valence electrons. The largest absolute Gasteiger partial charge is 0.416 e. The van der Waals surface area contributed by atoms with Crippen molar-refractivity contribution >= 4 is 22.4 Å². The van der Waals surface area contributed by atoms with E-state index in [1.165, 1.54) is 23.5 Å². The average Bonchev–Trinajstić information content (AvgIpc) is 3.29. The molecule has 0 fully saturated rings. The number of nitrogens with one attached hydrogen (secondary N) is 1. The number of hydrogen-bond acceptors (Lipinski definition) is 3. The Labute approximate surface area is 171 Å². The van der Waals surface area contributed by atoms with Gasteiger partial charge in [0.05, 0.1) is 5.56 Å². The lowest BCUT2D eigenvalue weighted by molar-refractivity contribution is -0.137. The van der Waals surface area contributed by atoms with Crippen molar-refractivity contribution in [1.82, 2.24) is 9.55 Å². The van der Waals surface area contributed by atoms with Crippen LogP contribution in [0.2, 0.25) is 0 Å². The maximum atomic E-state index is 12.8. The van der Waals surface area contributed by atoms with Crippen molar-refractivity contribution in [1.29, 1.82) is 0 Å². The molecular formula is C21H22F3N3OS. The van der Waals surface area contributed by atoms with Gasteiger partial charge in [0.15, 0.2) is 5.13 Å². The number of anilines is 1. The normalized spacial score (nSPS) is 11.8. The van der Waals surface area contributed by atoms with Crippen LogP contribution in [0.3, 0.4) is 0 Å². The van der Waals surface area contributed by atoms with E-state index in [1.807, 2.05) is 12.3 Å². The molecule has 0 radical (unpaired) electrons. The van der Waals surface area contributed by atoms with Crippen LogP contribution >= 0.6 is 11.3 Å². The number of carbonyl (C=O) groups is 1. The lowest BCUT2D eigenvalue weighted by Crippen LogP contribution is -2.17. The smallest absolute Gasteiger partial charge is 0.339 e. The van der Waals surface area contributed by atoms with E-state index in [2.05, 4.69) is 24.1 Å². The van der Waals surface area contributed by atoms with Gasteiger partial charge in [-0.2, -0.15) is 13.2 Å². The Hall–Kier alpha value is -2.61. The Morgan fingerprint density at radius 1 is 1.21 bits per heavy atom. The highest BCUT2D eigenvalue weighted by atomic mass is 32.1. The summed E-state index contributed by atoms with van der Waals surface area (Å²) in [6.07, 6.45) is 0.953. The molecule has 0 spiro atoms. The number of aromatic nitrogens is 2. The average molecular weight is 421 g/mol. The molecule has 1 aromatic carbocycles. The molecule has 1 amide bonds. The summed E-state index contributed by atoms with van der Waals surface area (Å²) in [5, 5.41) is 5.04. The molecule has 1 N–H and O–H groups in total. The summed E-state index contributed by atoms with van der Waals surface area (Å²) in [7, 11) is 0. The number of rotatable bonds is 7. The molecule has 0 saturated heterocycles. The first-order chi connectivity index (χ1) is 13.7. The fourth-order valence-electron chi connectivity index (χ4n) is 2.93. The maximum Gasteiger partial charge on any atom is 0.416 e. The predicted octanol–water partition coefficient (Wildman–Crippen LogP) is 5.85. The molecule has 0 atom stereocenters. The quantitative estimate of drug-likeness (QED) is 0.520. The monoisotopic (exact) mass is 421 g/mol. The number of hydrogen-bond donors (Lipinski definition) is 1. The Kier molecular flexibility index (Phi) is 6.42. The highest BCUT2D eigenvalue weighted by Crippen LogP contribution is 2.29.